The molecule has 0 atom stereocenters. The van der Waals surface area contributed by atoms with Crippen molar-refractivity contribution in [2.24, 2.45) is 0 Å². The number of hydrogen-bond donors (Lipinski definition) is 2. The molecule has 0 spiro atoms. The SMILES string of the molecule is Cc1cc2c3c([nH]c2cc1S(=O)(=O)NCCc1sccc1C)CCCC3=O. The summed E-state index contributed by atoms with van der Waals surface area (Å²) in [4.78, 5) is 17.0. The molecule has 2 N–H and O–H groups in total. The highest BCUT2D eigenvalue weighted by Crippen LogP contribution is 2.32. The number of hydrogen-bond acceptors (Lipinski definition) is 4. The molecule has 1 aliphatic carbocycles. The zero-order valence-corrected chi connectivity index (χ0v) is 17.0. The largest absolute Gasteiger partial charge is 0.358 e. The molecule has 5 nitrogen and oxygen atoms in total. The summed E-state index contributed by atoms with van der Waals surface area (Å²) in [7, 11) is -3.61. The Bertz CT molecular complexity index is 1140. The second-order valence-electron chi connectivity index (χ2n) is 7.09. The minimum Gasteiger partial charge on any atom is -0.358 e. The number of nitrogens with one attached hydrogen (secondary N) is 2. The Morgan fingerprint density at radius 1 is 1.19 bits per heavy atom. The fraction of sp³-hybridized carbons (Fsp3) is 0.350. The fourth-order valence-electron chi connectivity index (χ4n) is 3.77. The normalized spacial score (nSPS) is 14.7. The number of aromatic amines is 1. The Labute approximate surface area is 162 Å². The van der Waals surface area contributed by atoms with Crippen LogP contribution in [0.4, 0.5) is 0 Å². The van der Waals surface area contributed by atoms with Crippen molar-refractivity contribution in [2.45, 2.75) is 44.4 Å². The van der Waals surface area contributed by atoms with Gasteiger partial charge in [-0.3, -0.25) is 4.79 Å². The van der Waals surface area contributed by atoms with Crippen molar-refractivity contribution in [1.29, 1.82) is 0 Å². The lowest BCUT2D eigenvalue weighted by molar-refractivity contribution is 0.0974. The van der Waals surface area contributed by atoms with Crippen molar-refractivity contribution in [3.05, 3.63) is 50.8 Å². The highest BCUT2D eigenvalue weighted by atomic mass is 32.2. The maximum absolute atomic E-state index is 12.8. The van der Waals surface area contributed by atoms with Crippen LogP contribution >= 0.6 is 11.3 Å². The summed E-state index contributed by atoms with van der Waals surface area (Å²) in [6, 6.07) is 5.53. The second-order valence-corrected chi connectivity index (χ2v) is 9.83. The number of benzene rings is 1. The van der Waals surface area contributed by atoms with E-state index >= 15 is 0 Å². The van der Waals surface area contributed by atoms with Gasteiger partial charge >= 0.3 is 0 Å². The predicted octanol–water partition coefficient (Wildman–Crippen LogP) is 3.89. The molecule has 0 unspecified atom stereocenters. The lowest BCUT2D eigenvalue weighted by Gasteiger charge is -2.11. The molecule has 142 valence electrons. The van der Waals surface area contributed by atoms with Gasteiger partial charge in [-0.1, -0.05) is 0 Å². The van der Waals surface area contributed by atoms with Crippen molar-refractivity contribution in [3.63, 3.8) is 0 Å². The summed E-state index contributed by atoms with van der Waals surface area (Å²) in [6.07, 6.45) is 2.90. The predicted molar refractivity (Wildman–Crippen MR) is 108 cm³/mol. The van der Waals surface area contributed by atoms with E-state index in [1.807, 2.05) is 24.4 Å². The number of H-pyrrole nitrogens is 1. The number of aryl methyl sites for hydroxylation is 3. The van der Waals surface area contributed by atoms with Crippen LogP contribution in [0.25, 0.3) is 10.9 Å². The van der Waals surface area contributed by atoms with Gasteiger partial charge in [0.25, 0.3) is 0 Å². The van der Waals surface area contributed by atoms with Gasteiger partial charge in [0.15, 0.2) is 5.78 Å². The Hall–Kier alpha value is -1.96. The minimum absolute atomic E-state index is 0.141. The zero-order chi connectivity index (χ0) is 19.2. The van der Waals surface area contributed by atoms with Crippen LogP contribution in [0.15, 0.2) is 28.5 Å². The molecular weight excluding hydrogens is 380 g/mol. The number of carbonyl (C=O) groups is 1. The van der Waals surface area contributed by atoms with Crippen LogP contribution in [0.3, 0.4) is 0 Å². The summed E-state index contributed by atoms with van der Waals surface area (Å²) in [6.45, 7) is 4.18. The highest BCUT2D eigenvalue weighted by molar-refractivity contribution is 7.89. The number of aromatic nitrogens is 1. The molecule has 0 bridgehead atoms. The van der Waals surface area contributed by atoms with Gasteiger partial charge in [0, 0.05) is 40.0 Å². The average molecular weight is 403 g/mol. The maximum atomic E-state index is 12.8. The van der Waals surface area contributed by atoms with Crippen LogP contribution in [0.2, 0.25) is 0 Å². The van der Waals surface area contributed by atoms with E-state index in [4.69, 9.17) is 0 Å². The molecule has 0 aliphatic heterocycles. The van der Waals surface area contributed by atoms with Gasteiger partial charge in [-0.15, -0.1) is 11.3 Å². The van der Waals surface area contributed by atoms with E-state index in [1.165, 1.54) is 10.4 Å². The van der Waals surface area contributed by atoms with Gasteiger partial charge in [0.2, 0.25) is 10.0 Å². The monoisotopic (exact) mass is 402 g/mol. The molecule has 0 saturated heterocycles. The summed E-state index contributed by atoms with van der Waals surface area (Å²) in [5, 5.41) is 2.85. The van der Waals surface area contributed by atoms with E-state index in [1.54, 1.807) is 24.3 Å². The van der Waals surface area contributed by atoms with Gasteiger partial charge < -0.3 is 4.98 Å². The molecule has 0 saturated carbocycles. The summed E-state index contributed by atoms with van der Waals surface area (Å²) in [5.41, 5.74) is 4.23. The molecule has 7 heteroatoms. The van der Waals surface area contributed by atoms with Crippen LogP contribution < -0.4 is 4.72 Å². The topological polar surface area (TPSA) is 79.0 Å². The molecule has 2 aromatic heterocycles. The Morgan fingerprint density at radius 2 is 2.00 bits per heavy atom. The van der Waals surface area contributed by atoms with Crippen LogP contribution in [0.1, 0.15) is 44.9 Å². The second kappa shape index (κ2) is 6.89. The van der Waals surface area contributed by atoms with E-state index < -0.39 is 10.0 Å². The molecular formula is C20H22N2O3S2. The maximum Gasteiger partial charge on any atom is 0.240 e. The zero-order valence-electron chi connectivity index (χ0n) is 15.4. The number of ketones is 1. The highest BCUT2D eigenvalue weighted by Gasteiger charge is 2.25. The number of sulfonamides is 1. The van der Waals surface area contributed by atoms with Crippen LogP contribution in [-0.4, -0.2) is 25.7 Å². The fourth-order valence-corrected chi connectivity index (χ4v) is 5.96. The summed E-state index contributed by atoms with van der Waals surface area (Å²) < 4.78 is 28.4. The number of Topliss-reactive ketones (excluding diaryl/α,β-unsaturated/α-hetero) is 1. The van der Waals surface area contributed by atoms with Gasteiger partial charge in [0.1, 0.15) is 0 Å². The van der Waals surface area contributed by atoms with Crippen molar-refractivity contribution >= 4 is 38.0 Å². The third-order valence-corrected chi connectivity index (χ3v) is 7.87. The standard InChI is InChI=1S/C20H22N2O3S2/c1-12-7-9-26-18(12)6-8-21-27(24,25)19-11-16-14(10-13(19)2)20-15(22-16)4-3-5-17(20)23/h7,9-11,21-22H,3-6,8H2,1-2H3. The van der Waals surface area contributed by atoms with E-state index in [2.05, 4.69) is 9.71 Å². The summed E-state index contributed by atoms with van der Waals surface area (Å²) >= 11 is 1.64. The van der Waals surface area contributed by atoms with Gasteiger partial charge in [-0.25, -0.2) is 13.1 Å². The molecule has 0 amide bonds. The third-order valence-electron chi connectivity index (χ3n) is 5.18. The smallest absolute Gasteiger partial charge is 0.240 e. The summed E-state index contributed by atoms with van der Waals surface area (Å²) in [5.74, 6) is 0.141. The van der Waals surface area contributed by atoms with E-state index in [0.29, 0.717) is 24.9 Å². The Kier molecular flexibility index (Phi) is 4.70. The first-order valence-corrected chi connectivity index (χ1v) is 11.4. The van der Waals surface area contributed by atoms with Gasteiger partial charge in [0.05, 0.1) is 4.90 Å². The molecule has 0 radical (unpaired) electrons. The van der Waals surface area contributed by atoms with Crippen molar-refractivity contribution in [3.8, 4) is 0 Å². The quantitative estimate of drug-likeness (QED) is 0.680. The van der Waals surface area contributed by atoms with Crippen molar-refractivity contribution in [2.75, 3.05) is 6.54 Å². The molecule has 27 heavy (non-hydrogen) atoms. The van der Waals surface area contributed by atoms with Crippen molar-refractivity contribution < 1.29 is 13.2 Å². The first kappa shape index (κ1) is 18.4. The Balaban J connectivity index is 1.63. The minimum atomic E-state index is -3.61. The van der Waals surface area contributed by atoms with Crippen LogP contribution in [0.5, 0.6) is 0 Å². The number of rotatable bonds is 5. The Morgan fingerprint density at radius 3 is 2.74 bits per heavy atom. The molecule has 1 aromatic carbocycles. The number of carbonyl (C=O) groups excluding carboxylic acids is 1. The van der Waals surface area contributed by atoms with Gasteiger partial charge in [-0.05, 0) is 67.8 Å². The van der Waals surface area contributed by atoms with E-state index in [0.717, 1.165) is 35.0 Å². The van der Waals surface area contributed by atoms with Crippen LogP contribution in [-0.2, 0) is 22.9 Å². The first-order chi connectivity index (χ1) is 12.9. The molecule has 3 aromatic rings. The lowest BCUT2D eigenvalue weighted by atomic mass is 9.94. The van der Waals surface area contributed by atoms with Crippen LogP contribution in [0, 0.1) is 13.8 Å². The molecule has 2 heterocycles. The van der Waals surface area contributed by atoms with Gasteiger partial charge in [-0.2, -0.15) is 0 Å². The van der Waals surface area contributed by atoms with E-state index in [9.17, 15) is 13.2 Å². The molecule has 1 aliphatic rings. The number of thiophene rings is 1. The van der Waals surface area contributed by atoms with Crippen molar-refractivity contribution in [1.82, 2.24) is 9.71 Å². The first-order valence-electron chi connectivity index (χ1n) is 9.08. The van der Waals surface area contributed by atoms with E-state index in [-0.39, 0.29) is 10.7 Å². The lowest BCUT2D eigenvalue weighted by Crippen LogP contribution is -2.26. The average Bonchev–Trinajstić information content (AvgIpc) is 3.18. The molecule has 0 fully saturated rings. The molecule has 4 rings (SSSR count). The number of fused-ring (bicyclic) bond motifs is 3. The third kappa shape index (κ3) is 3.35.